The molecule has 2 nitrogen and oxygen atoms in total. The first-order chi connectivity index (χ1) is 6.35. The third-order valence-corrected chi connectivity index (χ3v) is 3.66. The Morgan fingerprint density at radius 1 is 1.08 bits per heavy atom. The minimum atomic E-state index is 0.360. The van der Waals surface area contributed by atoms with Crippen LogP contribution in [0.15, 0.2) is 0 Å². The highest BCUT2D eigenvalue weighted by Crippen LogP contribution is 2.45. The molecular weight excluding hydrogens is 162 g/mol. The van der Waals surface area contributed by atoms with Crippen LogP contribution in [0.25, 0.3) is 0 Å². The van der Waals surface area contributed by atoms with Crippen molar-refractivity contribution in [3.63, 3.8) is 0 Å². The summed E-state index contributed by atoms with van der Waals surface area (Å²) < 4.78 is 0. The Bertz CT molecular complexity index is 155. The van der Waals surface area contributed by atoms with Crippen LogP contribution in [0.4, 0.5) is 0 Å². The molecule has 1 heterocycles. The lowest BCUT2D eigenvalue weighted by molar-refractivity contribution is 0.00460. The van der Waals surface area contributed by atoms with E-state index >= 15 is 0 Å². The molecule has 0 bridgehead atoms. The summed E-state index contributed by atoms with van der Waals surface area (Å²) in [5.41, 5.74) is 0.749. The van der Waals surface area contributed by atoms with Crippen LogP contribution in [-0.2, 0) is 0 Å². The molecule has 2 aliphatic rings. The molecular formula is C11H21NO. The number of rotatable bonds is 4. The van der Waals surface area contributed by atoms with Gasteiger partial charge in [0.2, 0.25) is 0 Å². The minimum absolute atomic E-state index is 0.360. The third kappa shape index (κ3) is 2.05. The molecule has 1 saturated carbocycles. The lowest BCUT2D eigenvalue weighted by Crippen LogP contribution is -2.54. The van der Waals surface area contributed by atoms with E-state index in [-0.39, 0.29) is 0 Å². The van der Waals surface area contributed by atoms with Crippen LogP contribution in [0.3, 0.4) is 0 Å². The van der Waals surface area contributed by atoms with Gasteiger partial charge in [-0.1, -0.05) is 12.8 Å². The molecule has 2 fully saturated rings. The average molecular weight is 183 g/mol. The van der Waals surface area contributed by atoms with Gasteiger partial charge in [0.05, 0.1) is 0 Å². The SMILES string of the molecule is OCCCCN1CC2(CCCC2)C1. The second-order valence-electron chi connectivity index (χ2n) is 4.85. The first-order valence-corrected chi connectivity index (χ1v) is 5.68. The number of nitrogens with zero attached hydrogens (tertiary/aromatic N) is 1. The Morgan fingerprint density at radius 3 is 2.38 bits per heavy atom. The quantitative estimate of drug-likeness (QED) is 0.670. The van der Waals surface area contributed by atoms with Gasteiger partial charge in [-0.2, -0.15) is 0 Å². The average Bonchev–Trinajstić information content (AvgIpc) is 2.52. The Labute approximate surface area is 80.9 Å². The van der Waals surface area contributed by atoms with Crippen LogP contribution in [0.5, 0.6) is 0 Å². The van der Waals surface area contributed by atoms with E-state index in [4.69, 9.17) is 5.11 Å². The van der Waals surface area contributed by atoms with Gasteiger partial charge in [-0.25, -0.2) is 0 Å². The standard InChI is InChI=1S/C11H21NO/c13-8-4-3-7-12-9-11(10-12)5-1-2-6-11/h13H,1-10H2. The molecule has 0 aromatic rings. The van der Waals surface area contributed by atoms with Crippen LogP contribution in [0.2, 0.25) is 0 Å². The maximum absolute atomic E-state index is 8.66. The van der Waals surface area contributed by atoms with Gasteiger partial charge in [-0.15, -0.1) is 0 Å². The van der Waals surface area contributed by atoms with E-state index < -0.39 is 0 Å². The minimum Gasteiger partial charge on any atom is -0.396 e. The summed E-state index contributed by atoms with van der Waals surface area (Å²) in [5.74, 6) is 0. The molecule has 1 aliphatic carbocycles. The van der Waals surface area contributed by atoms with E-state index in [1.54, 1.807) is 0 Å². The first-order valence-electron chi connectivity index (χ1n) is 5.68. The largest absolute Gasteiger partial charge is 0.396 e. The fourth-order valence-electron chi connectivity index (χ4n) is 2.95. The summed E-state index contributed by atoms with van der Waals surface area (Å²) in [6, 6.07) is 0. The summed E-state index contributed by atoms with van der Waals surface area (Å²) >= 11 is 0. The molecule has 76 valence electrons. The number of aliphatic hydroxyl groups excluding tert-OH is 1. The highest BCUT2D eigenvalue weighted by Gasteiger charge is 2.43. The highest BCUT2D eigenvalue weighted by atomic mass is 16.2. The molecule has 0 atom stereocenters. The van der Waals surface area contributed by atoms with Gasteiger partial charge < -0.3 is 10.0 Å². The maximum Gasteiger partial charge on any atom is 0.0431 e. The fourth-order valence-corrected chi connectivity index (χ4v) is 2.95. The number of likely N-dealkylation sites (tertiary alicyclic amines) is 1. The van der Waals surface area contributed by atoms with Crippen molar-refractivity contribution in [3.8, 4) is 0 Å². The van der Waals surface area contributed by atoms with E-state index in [0.29, 0.717) is 6.61 Å². The highest BCUT2D eigenvalue weighted by molar-refractivity contribution is 4.97. The molecule has 1 spiro atoms. The van der Waals surface area contributed by atoms with E-state index in [1.165, 1.54) is 51.7 Å². The van der Waals surface area contributed by atoms with Crippen molar-refractivity contribution < 1.29 is 5.11 Å². The monoisotopic (exact) mass is 183 g/mol. The lowest BCUT2D eigenvalue weighted by Gasteiger charge is -2.48. The molecule has 2 rings (SSSR count). The number of hydrogen-bond acceptors (Lipinski definition) is 2. The molecule has 0 amide bonds. The van der Waals surface area contributed by atoms with E-state index in [0.717, 1.165) is 11.8 Å². The third-order valence-electron chi connectivity index (χ3n) is 3.66. The zero-order chi connectivity index (χ0) is 9.15. The van der Waals surface area contributed by atoms with Gasteiger partial charge in [-0.3, -0.25) is 0 Å². The van der Waals surface area contributed by atoms with Gasteiger partial charge in [0.1, 0.15) is 0 Å². The summed E-state index contributed by atoms with van der Waals surface area (Å²) in [6.45, 7) is 4.26. The Morgan fingerprint density at radius 2 is 1.77 bits per heavy atom. The van der Waals surface area contributed by atoms with Gasteiger partial charge >= 0.3 is 0 Å². The van der Waals surface area contributed by atoms with Crippen molar-refractivity contribution >= 4 is 0 Å². The van der Waals surface area contributed by atoms with Crippen molar-refractivity contribution in [1.82, 2.24) is 4.90 Å². The number of unbranched alkanes of at least 4 members (excludes halogenated alkanes) is 1. The van der Waals surface area contributed by atoms with E-state index in [2.05, 4.69) is 4.90 Å². The van der Waals surface area contributed by atoms with Crippen molar-refractivity contribution in [2.45, 2.75) is 38.5 Å². The van der Waals surface area contributed by atoms with Crippen LogP contribution in [0.1, 0.15) is 38.5 Å². The number of hydrogen-bond donors (Lipinski definition) is 1. The molecule has 0 radical (unpaired) electrons. The molecule has 1 N–H and O–H groups in total. The topological polar surface area (TPSA) is 23.5 Å². The second-order valence-corrected chi connectivity index (χ2v) is 4.85. The predicted octanol–water partition coefficient (Wildman–Crippen LogP) is 1.63. The van der Waals surface area contributed by atoms with Gasteiger partial charge in [0, 0.05) is 19.7 Å². The van der Waals surface area contributed by atoms with E-state index in [9.17, 15) is 0 Å². The first kappa shape index (κ1) is 9.47. The van der Waals surface area contributed by atoms with Crippen molar-refractivity contribution in [2.24, 2.45) is 5.41 Å². The van der Waals surface area contributed by atoms with Crippen LogP contribution in [-0.4, -0.2) is 36.2 Å². The Hall–Kier alpha value is -0.0800. The molecule has 1 aliphatic heterocycles. The summed E-state index contributed by atoms with van der Waals surface area (Å²) in [5, 5.41) is 8.66. The van der Waals surface area contributed by atoms with Gasteiger partial charge in [-0.05, 0) is 37.6 Å². The maximum atomic E-state index is 8.66. The van der Waals surface area contributed by atoms with Crippen molar-refractivity contribution in [1.29, 1.82) is 0 Å². The van der Waals surface area contributed by atoms with Crippen LogP contribution >= 0.6 is 0 Å². The fraction of sp³-hybridized carbons (Fsp3) is 1.00. The molecule has 13 heavy (non-hydrogen) atoms. The van der Waals surface area contributed by atoms with Gasteiger partial charge in [0.15, 0.2) is 0 Å². The van der Waals surface area contributed by atoms with E-state index in [1.807, 2.05) is 0 Å². The summed E-state index contributed by atoms with van der Waals surface area (Å²) in [4.78, 5) is 2.56. The predicted molar refractivity (Wildman–Crippen MR) is 53.7 cm³/mol. The smallest absolute Gasteiger partial charge is 0.0431 e. The van der Waals surface area contributed by atoms with Crippen molar-refractivity contribution in [2.75, 3.05) is 26.2 Å². The Kier molecular flexibility index (Phi) is 2.89. The molecule has 2 heteroatoms. The zero-order valence-electron chi connectivity index (χ0n) is 8.47. The lowest BCUT2D eigenvalue weighted by atomic mass is 9.78. The molecule has 0 aromatic carbocycles. The number of aliphatic hydroxyl groups is 1. The Balaban J connectivity index is 1.61. The zero-order valence-corrected chi connectivity index (χ0v) is 8.47. The second kappa shape index (κ2) is 3.97. The van der Waals surface area contributed by atoms with Gasteiger partial charge in [0.25, 0.3) is 0 Å². The molecule has 0 aromatic heterocycles. The van der Waals surface area contributed by atoms with Crippen LogP contribution in [0, 0.1) is 5.41 Å². The van der Waals surface area contributed by atoms with Crippen molar-refractivity contribution in [3.05, 3.63) is 0 Å². The van der Waals surface area contributed by atoms with Crippen LogP contribution < -0.4 is 0 Å². The normalized spacial score (nSPS) is 26.5. The molecule has 0 unspecified atom stereocenters. The summed E-state index contributed by atoms with van der Waals surface area (Å²) in [6.07, 6.45) is 8.03. The summed E-state index contributed by atoms with van der Waals surface area (Å²) in [7, 11) is 0. The molecule has 1 saturated heterocycles.